The molecule has 2 aliphatic rings. The third-order valence-electron chi connectivity index (χ3n) is 7.56. The number of carbonyl (C=O) groups excluding carboxylic acids is 3. The fraction of sp³-hybridized carbons (Fsp3) is 0.281. The first-order chi connectivity index (χ1) is 18.9. The van der Waals surface area contributed by atoms with Gasteiger partial charge >= 0.3 is 6.03 Å². The topological polar surface area (TPSA) is 81.8 Å². The highest BCUT2D eigenvalue weighted by molar-refractivity contribution is 6.03. The van der Waals surface area contributed by atoms with E-state index in [1.807, 2.05) is 93.6 Å². The molecule has 0 fully saturated rings. The maximum atomic E-state index is 14.2. The van der Waals surface area contributed by atoms with Gasteiger partial charge in [-0.05, 0) is 43.0 Å². The summed E-state index contributed by atoms with van der Waals surface area (Å²) in [6.45, 7) is 6.90. The summed E-state index contributed by atoms with van der Waals surface area (Å²) < 4.78 is 0. The number of aryl methyl sites for hydroxylation is 2. The molecule has 7 heteroatoms. The zero-order valence-electron chi connectivity index (χ0n) is 22.6. The Bertz CT molecular complexity index is 1420. The third-order valence-corrected chi connectivity index (χ3v) is 7.56. The molecule has 200 valence electrons. The zero-order chi connectivity index (χ0) is 27.5. The van der Waals surface area contributed by atoms with Gasteiger partial charge in [0.1, 0.15) is 6.04 Å². The smallest absolute Gasteiger partial charge is 0.322 e. The van der Waals surface area contributed by atoms with Crippen LogP contribution in [-0.4, -0.2) is 46.8 Å². The molecule has 0 aliphatic carbocycles. The van der Waals surface area contributed by atoms with E-state index in [2.05, 4.69) is 16.7 Å². The van der Waals surface area contributed by atoms with Gasteiger partial charge in [-0.1, -0.05) is 84.4 Å². The molecule has 39 heavy (non-hydrogen) atoms. The molecule has 3 aromatic carbocycles. The number of rotatable bonds is 8. The van der Waals surface area contributed by atoms with Crippen LogP contribution in [0.15, 0.2) is 90.1 Å². The van der Waals surface area contributed by atoms with Crippen molar-refractivity contribution in [3.63, 3.8) is 0 Å². The monoisotopic (exact) mass is 522 g/mol. The number of amides is 4. The number of urea groups is 1. The lowest BCUT2D eigenvalue weighted by atomic mass is 9.91. The Kier molecular flexibility index (Phi) is 7.50. The summed E-state index contributed by atoms with van der Waals surface area (Å²) in [5.41, 5.74) is 6.16. The summed E-state index contributed by atoms with van der Waals surface area (Å²) in [4.78, 5) is 44.3. The van der Waals surface area contributed by atoms with Gasteiger partial charge in [-0.2, -0.15) is 0 Å². The van der Waals surface area contributed by atoms with E-state index in [0.29, 0.717) is 30.8 Å². The zero-order valence-corrected chi connectivity index (χ0v) is 22.6. The van der Waals surface area contributed by atoms with E-state index in [9.17, 15) is 14.4 Å². The Morgan fingerprint density at radius 3 is 2.28 bits per heavy atom. The highest BCUT2D eigenvalue weighted by atomic mass is 16.2. The van der Waals surface area contributed by atoms with E-state index in [4.69, 9.17) is 0 Å². The number of nitrogens with zero attached hydrogens (tertiary/aromatic N) is 2. The van der Waals surface area contributed by atoms with Crippen molar-refractivity contribution < 1.29 is 14.4 Å². The summed E-state index contributed by atoms with van der Waals surface area (Å²) in [5.74, 6) is -0.439. The molecule has 2 unspecified atom stereocenters. The number of benzene rings is 3. The molecular weight excluding hydrogens is 488 g/mol. The van der Waals surface area contributed by atoms with Crippen LogP contribution in [0.1, 0.15) is 40.8 Å². The maximum Gasteiger partial charge on any atom is 0.322 e. The van der Waals surface area contributed by atoms with Gasteiger partial charge in [0.05, 0.1) is 23.9 Å². The van der Waals surface area contributed by atoms with Crippen LogP contribution in [0.2, 0.25) is 0 Å². The molecular formula is C32H34N4O3. The van der Waals surface area contributed by atoms with Gasteiger partial charge in [-0.15, -0.1) is 0 Å². The highest BCUT2D eigenvalue weighted by Gasteiger charge is 2.47. The Labute approximate surface area is 229 Å². The van der Waals surface area contributed by atoms with E-state index in [1.165, 1.54) is 0 Å². The largest absolute Gasteiger partial charge is 0.350 e. The Morgan fingerprint density at radius 1 is 0.974 bits per heavy atom. The van der Waals surface area contributed by atoms with E-state index in [1.54, 1.807) is 9.80 Å². The molecule has 3 aromatic rings. The lowest BCUT2D eigenvalue weighted by molar-refractivity contribution is -0.136. The van der Waals surface area contributed by atoms with Crippen LogP contribution in [0.5, 0.6) is 0 Å². The summed E-state index contributed by atoms with van der Waals surface area (Å²) in [6.07, 6.45) is 0.371. The molecule has 0 aromatic heterocycles. The van der Waals surface area contributed by atoms with E-state index >= 15 is 0 Å². The molecule has 5 rings (SSSR count). The SMILES string of the molecule is CCN1C(=O)NC(c2ccc(C)cc2C)C2=C1CN(C(Cc1ccccc1)C(=O)NCc1ccccc1)C2=O. The first kappa shape index (κ1) is 26.2. The average Bonchev–Trinajstić information content (AvgIpc) is 3.27. The Hall–Kier alpha value is -4.39. The average molecular weight is 523 g/mol. The molecule has 2 heterocycles. The minimum atomic E-state index is -0.734. The maximum absolute atomic E-state index is 14.2. The van der Waals surface area contributed by atoms with Crippen LogP contribution >= 0.6 is 0 Å². The van der Waals surface area contributed by atoms with Crippen molar-refractivity contribution in [1.82, 2.24) is 20.4 Å². The van der Waals surface area contributed by atoms with Gasteiger partial charge in [-0.25, -0.2) is 4.79 Å². The normalized spacial score (nSPS) is 17.7. The second kappa shape index (κ2) is 11.2. The molecule has 2 atom stereocenters. The fourth-order valence-corrected chi connectivity index (χ4v) is 5.57. The number of likely N-dealkylation sites (N-methyl/N-ethyl adjacent to an activating group) is 1. The van der Waals surface area contributed by atoms with Gasteiger partial charge in [0, 0.05) is 19.5 Å². The molecule has 4 amide bonds. The summed E-state index contributed by atoms with van der Waals surface area (Å²) in [6, 6.07) is 23.9. The Morgan fingerprint density at radius 2 is 1.64 bits per heavy atom. The summed E-state index contributed by atoms with van der Waals surface area (Å²) in [5, 5.41) is 6.10. The van der Waals surface area contributed by atoms with E-state index < -0.39 is 12.1 Å². The van der Waals surface area contributed by atoms with Crippen LogP contribution in [0.3, 0.4) is 0 Å². The van der Waals surface area contributed by atoms with Crippen LogP contribution in [-0.2, 0) is 22.6 Å². The lowest BCUT2D eigenvalue weighted by Crippen LogP contribution is -2.49. The standard InChI is InChI=1S/C32H34N4O3/c1-4-35-27-20-36(31(38)28(27)29(34-32(35)39)25-16-15-21(2)17-22(25)3)26(18-23-11-7-5-8-12-23)30(37)33-19-24-13-9-6-10-14-24/h5-17,26,29H,4,18-20H2,1-3H3,(H,33,37)(H,34,39). The van der Waals surface area contributed by atoms with Gasteiger partial charge in [0.2, 0.25) is 5.91 Å². The number of hydrogen-bond donors (Lipinski definition) is 2. The second-order valence-corrected chi connectivity index (χ2v) is 10.2. The van der Waals surface area contributed by atoms with Crippen molar-refractivity contribution >= 4 is 17.8 Å². The molecule has 0 bridgehead atoms. The predicted molar refractivity (Wildman–Crippen MR) is 151 cm³/mol. The number of carbonyl (C=O) groups is 3. The number of hydrogen-bond acceptors (Lipinski definition) is 3. The first-order valence-electron chi connectivity index (χ1n) is 13.4. The first-order valence-corrected chi connectivity index (χ1v) is 13.4. The Balaban J connectivity index is 1.49. The van der Waals surface area contributed by atoms with Crippen molar-refractivity contribution in [2.45, 2.75) is 45.8 Å². The lowest BCUT2D eigenvalue weighted by Gasteiger charge is -2.33. The minimum absolute atomic E-state index is 0.201. The quantitative estimate of drug-likeness (QED) is 0.460. The van der Waals surface area contributed by atoms with Crippen LogP contribution in [0, 0.1) is 13.8 Å². The van der Waals surface area contributed by atoms with E-state index in [-0.39, 0.29) is 24.4 Å². The molecule has 7 nitrogen and oxygen atoms in total. The third kappa shape index (κ3) is 5.30. The summed E-state index contributed by atoms with van der Waals surface area (Å²) in [7, 11) is 0. The summed E-state index contributed by atoms with van der Waals surface area (Å²) >= 11 is 0. The van der Waals surface area contributed by atoms with Crippen LogP contribution in [0.4, 0.5) is 4.79 Å². The molecule has 2 N–H and O–H groups in total. The van der Waals surface area contributed by atoms with E-state index in [0.717, 1.165) is 27.8 Å². The highest BCUT2D eigenvalue weighted by Crippen LogP contribution is 2.38. The van der Waals surface area contributed by atoms with Gasteiger partial charge in [0.15, 0.2) is 0 Å². The second-order valence-electron chi connectivity index (χ2n) is 10.2. The van der Waals surface area contributed by atoms with Crippen molar-refractivity contribution in [2.75, 3.05) is 13.1 Å². The van der Waals surface area contributed by atoms with Crippen LogP contribution < -0.4 is 10.6 Å². The molecule has 0 saturated carbocycles. The minimum Gasteiger partial charge on any atom is -0.350 e. The predicted octanol–water partition coefficient (Wildman–Crippen LogP) is 4.41. The van der Waals surface area contributed by atoms with Crippen LogP contribution in [0.25, 0.3) is 0 Å². The molecule has 2 aliphatic heterocycles. The van der Waals surface area contributed by atoms with Gasteiger partial charge < -0.3 is 15.5 Å². The van der Waals surface area contributed by atoms with Gasteiger partial charge in [-0.3, -0.25) is 14.5 Å². The van der Waals surface area contributed by atoms with Crippen molar-refractivity contribution in [3.8, 4) is 0 Å². The molecule has 0 spiro atoms. The molecule has 0 radical (unpaired) electrons. The van der Waals surface area contributed by atoms with Crippen molar-refractivity contribution in [1.29, 1.82) is 0 Å². The molecule has 0 saturated heterocycles. The van der Waals surface area contributed by atoms with Crippen molar-refractivity contribution in [3.05, 3.63) is 118 Å². The van der Waals surface area contributed by atoms with Gasteiger partial charge in [0.25, 0.3) is 5.91 Å². The van der Waals surface area contributed by atoms with Crippen molar-refractivity contribution in [2.24, 2.45) is 0 Å². The number of nitrogens with one attached hydrogen (secondary N) is 2. The fourth-order valence-electron chi connectivity index (χ4n) is 5.57.